The van der Waals surface area contributed by atoms with Crippen molar-refractivity contribution in [3.05, 3.63) is 92.2 Å². The smallest absolute Gasteiger partial charge is 0.262 e. The quantitative estimate of drug-likeness (QED) is 0.392. The third-order valence-electron chi connectivity index (χ3n) is 6.79. The summed E-state index contributed by atoms with van der Waals surface area (Å²) in [7, 11) is 1.78. The number of carbonyl (C=O) groups excluding carboxylic acids is 1. The molecule has 0 bridgehead atoms. The second kappa shape index (κ2) is 10.3. The van der Waals surface area contributed by atoms with E-state index in [0.717, 1.165) is 47.6 Å². The number of ether oxygens (including phenoxy) is 1. The van der Waals surface area contributed by atoms with Crippen LogP contribution in [-0.2, 0) is 15.1 Å². The van der Waals surface area contributed by atoms with Gasteiger partial charge in [0, 0.05) is 37.2 Å². The molecule has 2 N–H and O–H groups in total. The van der Waals surface area contributed by atoms with Gasteiger partial charge >= 0.3 is 0 Å². The van der Waals surface area contributed by atoms with Gasteiger partial charge in [0.2, 0.25) is 0 Å². The van der Waals surface area contributed by atoms with E-state index in [9.17, 15) is 9.90 Å². The molecule has 1 unspecified atom stereocenters. The third kappa shape index (κ3) is 4.83. The van der Waals surface area contributed by atoms with Gasteiger partial charge in [-0.2, -0.15) is 11.3 Å². The standard InChI is InChI=1S/C27H27ClN2O3S2/c1-33-21-10-13-30(14-11-21)20-8-6-18(7-9-20)27(19-12-15-34-17-19)16-23(31)25(26(32)29-27)35-24-5-3-2-4-22(24)28/h2-9,12,15,17,21,31H,10-11,13-14,16H2,1H3,(H,29,32). The lowest BCUT2D eigenvalue weighted by Crippen LogP contribution is -2.50. The summed E-state index contributed by atoms with van der Waals surface area (Å²) in [5, 5.41) is 18.9. The molecule has 35 heavy (non-hydrogen) atoms. The lowest BCUT2D eigenvalue weighted by atomic mass is 9.79. The number of thioether (sulfide) groups is 1. The Labute approximate surface area is 218 Å². The summed E-state index contributed by atoms with van der Waals surface area (Å²) in [5.74, 6) is -0.244. The highest BCUT2D eigenvalue weighted by Crippen LogP contribution is 2.44. The van der Waals surface area contributed by atoms with E-state index in [1.165, 1.54) is 11.8 Å². The first kappa shape index (κ1) is 24.3. The van der Waals surface area contributed by atoms with Gasteiger partial charge in [-0.1, -0.05) is 47.6 Å². The van der Waals surface area contributed by atoms with Gasteiger partial charge in [0.15, 0.2) is 0 Å². The molecule has 2 aliphatic rings. The van der Waals surface area contributed by atoms with Gasteiger partial charge in [-0.25, -0.2) is 0 Å². The van der Waals surface area contributed by atoms with E-state index >= 15 is 0 Å². The van der Waals surface area contributed by atoms with Crippen LogP contribution in [0.4, 0.5) is 5.69 Å². The Bertz CT molecular complexity index is 1220. The Morgan fingerprint density at radius 3 is 2.49 bits per heavy atom. The molecule has 1 atom stereocenters. The van der Waals surface area contributed by atoms with Gasteiger partial charge in [-0.05, 0) is 65.1 Å². The van der Waals surface area contributed by atoms with Crippen LogP contribution in [0.25, 0.3) is 0 Å². The minimum Gasteiger partial charge on any atom is -0.511 e. The van der Waals surface area contributed by atoms with E-state index in [-0.39, 0.29) is 23.0 Å². The van der Waals surface area contributed by atoms with Gasteiger partial charge in [0.25, 0.3) is 5.91 Å². The lowest BCUT2D eigenvalue weighted by molar-refractivity contribution is -0.119. The summed E-state index contributed by atoms with van der Waals surface area (Å²) in [6.07, 6.45) is 2.62. The Morgan fingerprint density at radius 1 is 1.11 bits per heavy atom. The molecule has 8 heteroatoms. The summed E-state index contributed by atoms with van der Waals surface area (Å²) in [4.78, 5) is 16.7. The molecule has 0 spiro atoms. The van der Waals surface area contributed by atoms with Crippen LogP contribution >= 0.6 is 34.7 Å². The molecule has 2 aromatic carbocycles. The van der Waals surface area contributed by atoms with Gasteiger partial charge in [0.1, 0.15) is 10.7 Å². The number of aliphatic hydroxyl groups is 1. The van der Waals surface area contributed by atoms with Crippen LogP contribution in [0, 0.1) is 0 Å². The van der Waals surface area contributed by atoms with Gasteiger partial charge in [-0.3, -0.25) is 4.79 Å². The van der Waals surface area contributed by atoms with Gasteiger partial charge in [0.05, 0.1) is 16.7 Å². The Morgan fingerprint density at radius 2 is 1.86 bits per heavy atom. The Kier molecular flexibility index (Phi) is 7.12. The highest BCUT2D eigenvalue weighted by atomic mass is 35.5. The number of methoxy groups -OCH3 is 1. The summed E-state index contributed by atoms with van der Waals surface area (Å²) in [6.45, 7) is 1.91. The average Bonchev–Trinajstić information content (AvgIpc) is 3.43. The molecular formula is C27H27ClN2O3S2. The Hall–Kier alpha value is -2.45. The van der Waals surface area contributed by atoms with E-state index in [1.54, 1.807) is 24.5 Å². The molecule has 0 aliphatic carbocycles. The van der Waals surface area contributed by atoms with Crippen LogP contribution in [0.2, 0.25) is 5.02 Å². The molecule has 1 fully saturated rings. The summed E-state index contributed by atoms with van der Waals surface area (Å²) < 4.78 is 5.50. The zero-order valence-electron chi connectivity index (χ0n) is 19.4. The fourth-order valence-corrected chi connectivity index (χ4v) is 6.68. The van der Waals surface area contributed by atoms with Crippen molar-refractivity contribution in [2.75, 3.05) is 25.1 Å². The largest absolute Gasteiger partial charge is 0.511 e. The zero-order chi connectivity index (χ0) is 24.4. The van der Waals surface area contributed by atoms with Crippen LogP contribution in [0.3, 0.4) is 0 Å². The van der Waals surface area contributed by atoms with Gasteiger partial charge in [-0.15, -0.1) is 0 Å². The molecule has 0 saturated carbocycles. The molecule has 3 aromatic rings. The maximum Gasteiger partial charge on any atom is 0.262 e. The van der Waals surface area contributed by atoms with Crippen molar-refractivity contribution in [1.82, 2.24) is 5.32 Å². The number of rotatable bonds is 6. The maximum absolute atomic E-state index is 13.4. The van der Waals surface area contributed by atoms with E-state index in [2.05, 4.69) is 34.5 Å². The molecule has 5 nitrogen and oxygen atoms in total. The highest BCUT2D eigenvalue weighted by molar-refractivity contribution is 8.04. The molecular weight excluding hydrogens is 500 g/mol. The Balaban J connectivity index is 1.45. The van der Waals surface area contributed by atoms with Crippen LogP contribution < -0.4 is 10.2 Å². The molecule has 3 heterocycles. The number of halogens is 1. The van der Waals surface area contributed by atoms with Crippen molar-refractivity contribution >= 4 is 46.3 Å². The minimum absolute atomic E-state index is 0.0654. The van der Waals surface area contributed by atoms with E-state index < -0.39 is 5.54 Å². The average molecular weight is 527 g/mol. The predicted octanol–water partition coefficient (Wildman–Crippen LogP) is 6.34. The number of benzene rings is 2. The molecule has 5 rings (SSSR count). The highest BCUT2D eigenvalue weighted by Gasteiger charge is 2.43. The van der Waals surface area contributed by atoms with Crippen LogP contribution in [0.5, 0.6) is 0 Å². The van der Waals surface area contributed by atoms with E-state index in [0.29, 0.717) is 11.1 Å². The number of amides is 1. The maximum atomic E-state index is 13.4. The first-order valence-electron chi connectivity index (χ1n) is 11.6. The number of thiophene rings is 1. The predicted molar refractivity (Wildman–Crippen MR) is 144 cm³/mol. The summed E-state index contributed by atoms with van der Waals surface area (Å²) >= 11 is 9.07. The fourth-order valence-electron chi connectivity index (χ4n) is 4.83. The molecule has 1 amide bonds. The number of aliphatic hydroxyl groups excluding tert-OH is 1. The monoisotopic (exact) mass is 526 g/mol. The third-order valence-corrected chi connectivity index (χ3v) is 9.12. The topological polar surface area (TPSA) is 61.8 Å². The number of carbonyl (C=O) groups is 1. The van der Waals surface area contributed by atoms with Crippen molar-refractivity contribution in [1.29, 1.82) is 0 Å². The number of hydrogen-bond donors (Lipinski definition) is 2. The van der Waals surface area contributed by atoms with Crippen LogP contribution in [0.15, 0.2) is 80.9 Å². The molecule has 1 saturated heterocycles. The van der Waals surface area contributed by atoms with E-state index in [1.807, 2.05) is 35.0 Å². The van der Waals surface area contributed by atoms with Crippen molar-refractivity contribution < 1.29 is 14.6 Å². The first-order chi connectivity index (χ1) is 17.0. The van der Waals surface area contributed by atoms with Crippen molar-refractivity contribution in [2.24, 2.45) is 0 Å². The molecule has 1 aromatic heterocycles. The summed E-state index contributed by atoms with van der Waals surface area (Å²) in [5.41, 5.74) is 2.21. The van der Waals surface area contributed by atoms with E-state index in [4.69, 9.17) is 16.3 Å². The lowest BCUT2D eigenvalue weighted by Gasteiger charge is -2.39. The number of nitrogens with one attached hydrogen (secondary N) is 1. The molecule has 182 valence electrons. The zero-order valence-corrected chi connectivity index (χ0v) is 21.8. The van der Waals surface area contributed by atoms with Crippen LogP contribution in [0.1, 0.15) is 30.4 Å². The molecule has 0 radical (unpaired) electrons. The number of anilines is 1. The second-order valence-electron chi connectivity index (χ2n) is 8.83. The molecule has 2 aliphatic heterocycles. The number of nitrogens with zero attached hydrogens (tertiary/aromatic N) is 1. The normalized spacial score (nSPS) is 21.3. The number of piperidine rings is 1. The van der Waals surface area contributed by atoms with Crippen molar-refractivity contribution in [3.8, 4) is 0 Å². The first-order valence-corrected chi connectivity index (χ1v) is 13.7. The van der Waals surface area contributed by atoms with Gasteiger partial charge < -0.3 is 20.1 Å². The second-order valence-corrected chi connectivity index (χ2v) is 11.1. The minimum atomic E-state index is -0.840. The van der Waals surface area contributed by atoms with Crippen molar-refractivity contribution in [3.63, 3.8) is 0 Å². The fraction of sp³-hybridized carbons (Fsp3) is 0.296. The SMILES string of the molecule is COC1CCN(c2ccc(C3(c4ccsc4)CC(O)=C(Sc4ccccc4Cl)C(=O)N3)cc2)CC1. The van der Waals surface area contributed by atoms with Crippen LogP contribution in [-0.4, -0.2) is 37.3 Å². The number of hydrogen-bond acceptors (Lipinski definition) is 6. The van der Waals surface area contributed by atoms with Crippen molar-refractivity contribution in [2.45, 2.75) is 35.8 Å². The summed E-state index contributed by atoms with van der Waals surface area (Å²) in [6, 6.07) is 17.7.